The van der Waals surface area contributed by atoms with E-state index in [1.165, 1.54) is 11.9 Å². The van der Waals surface area contributed by atoms with E-state index >= 15 is 0 Å². The molecule has 0 radical (unpaired) electrons. The molecule has 4 N–H and O–H groups in total. The van der Waals surface area contributed by atoms with E-state index in [1.54, 1.807) is 16.8 Å². The molecule has 1 aliphatic carbocycles. The van der Waals surface area contributed by atoms with Gasteiger partial charge in [-0.05, 0) is 82.3 Å². The van der Waals surface area contributed by atoms with Crippen LogP contribution in [0.15, 0.2) is 47.4 Å². The number of likely N-dealkylation sites (N-methyl/N-ethyl adjacent to an activating group) is 1. The van der Waals surface area contributed by atoms with Crippen LogP contribution in [0.5, 0.6) is 5.75 Å². The monoisotopic (exact) mass is 927 g/mol. The van der Waals surface area contributed by atoms with Gasteiger partial charge in [-0.15, -0.1) is 0 Å². The predicted molar refractivity (Wildman–Crippen MR) is 244 cm³/mol. The van der Waals surface area contributed by atoms with Gasteiger partial charge in [0.25, 0.3) is 23.8 Å². The average molecular weight is 928 g/mol. The lowest BCUT2D eigenvalue weighted by molar-refractivity contribution is -0.137. The third-order valence-electron chi connectivity index (χ3n) is 12.8. The third-order valence-corrected chi connectivity index (χ3v) is 13.1. The minimum atomic E-state index is -0.651. The number of aromatic nitrogens is 4. The Bertz CT molecular complexity index is 2550. The highest BCUT2D eigenvalue weighted by Crippen LogP contribution is 2.34. The van der Waals surface area contributed by atoms with E-state index in [2.05, 4.69) is 35.6 Å². The van der Waals surface area contributed by atoms with E-state index in [9.17, 15) is 24.0 Å². The number of piperidine rings is 2. The summed E-state index contributed by atoms with van der Waals surface area (Å²) in [5.41, 5.74) is 2.35. The first kappa shape index (κ1) is 46.2. The number of nitrogens with one attached hydrogen (secondary N) is 3. The standard InChI is InChI=1S/C44H52ClN11O7.CH2O2/c1-25(2)56-34-6-4-27(18-26(34)19-36(43(56)61)62-24-39(58)46-3)48-40-32(45)22-47-44(51-40)54-12-10-29(11-13-54)63-30-20-28(21-30)52-14-16-53(17-15-52)37-8-5-31-33(49-37)23-55(42(31)60)35-7-9-38(57)50-41(35)59;2-1-3/h4-6,8,18-19,22,25,28-30,35H,7,9-17,20-21,23-24H2,1-3H3,(H,46,58)(H,47,48,51)(H,50,57,59);1H,(H,2,3)/t28?,30?,35-;/m1./s1. The molecule has 0 spiro atoms. The molecule has 350 valence electrons. The highest BCUT2D eigenvalue weighted by Gasteiger charge is 2.41. The number of nitrogens with zero attached hydrogens (tertiary/aromatic N) is 8. The summed E-state index contributed by atoms with van der Waals surface area (Å²) in [6.45, 7) is 8.63. The molecular formula is C45H54ClN11O9. The van der Waals surface area contributed by atoms with Gasteiger partial charge in [0.15, 0.2) is 18.2 Å². The maximum atomic E-state index is 13.2. The van der Waals surface area contributed by atoms with E-state index in [0.717, 1.165) is 81.7 Å². The van der Waals surface area contributed by atoms with E-state index < -0.39 is 11.9 Å². The normalized spacial score (nSPS) is 21.2. The zero-order valence-corrected chi connectivity index (χ0v) is 37.8. The zero-order chi connectivity index (χ0) is 46.6. The van der Waals surface area contributed by atoms with Crippen molar-refractivity contribution >= 4 is 75.9 Å². The molecule has 20 nitrogen and oxygen atoms in total. The summed E-state index contributed by atoms with van der Waals surface area (Å²) in [7, 11) is 1.51. The number of carbonyl (C=O) groups excluding carboxylic acids is 4. The van der Waals surface area contributed by atoms with Crippen LogP contribution in [0.2, 0.25) is 5.02 Å². The van der Waals surface area contributed by atoms with Crippen LogP contribution in [0.4, 0.5) is 23.3 Å². The van der Waals surface area contributed by atoms with Crippen molar-refractivity contribution in [2.45, 2.75) is 89.3 Å². The summed E-state index contributed by atoms with van der Waals surface area (Å²) in [5, 5.41) is 16.2. The number of halogens is 1. The molecule has 1 saturated carbocycles. The Balaban J connectivity index is 0.00000192. The molecule has 5 aliphatic rings. The quantitative estimate of drug-likeness (QED) is 0.118. The first-order chi connectivity index (χ1) is 31.8. The molecule has 0 unspecified atom stereocenters. The van der Waals surface area contributed by atoms with E-state index in [4.69, 9.17) is 40.9 Å². The first-order valence-corrected chi connectivity index (χ1v) is 22.7. The summed E-state index contributed by atoms with van der Waals surface area (Å²) >= 11 is 6.60. The number of ether oxygens (including phenoxy) is 2. The molecule has 1 aromatic carbocycles. The van der Waals surface area contributed by atoms with Crippen LogP contribution in [-0.2, 0) is 30.5 Å². The smallest absolute Gasteiger partial charge is 0.293 e. The number of benzene rings is 1. The Morgan fingerprint density at radius 2 is 1.71 bits per heavy atom. The number of fused-ring (bicyclic) bond motifs is 2. The maximum Gasteiger partial charge on any atom is 0.293 e. The van der Waals surface area contributed by atoms with Crippen LogP contribution in [-0.4, -0.2) is 142 Å². The molecule has 0 bridgehead atoms. The highest BCUT2D eigenvalue weighted by molar-refractivity contribution is 6.33. The molecule has 4 fully saturated rings. The second-order valence-electron chi connectivity index (χ2n) is 17.3. The number of imide groups is 1. The second-order valence-corrected chi connectivity index (χ2v) is 17.7. The molecule has 3 saturated heterocycles. The third kappa shape index (κ3) is 9.90. The van der Waals surface area contributed by atoms with Crippen molar-refractivity contribution in [2.75, 3.05) is 68.0 Å². The maximum absolute atomic E-state index is 13.2. The minimum absolute atomic E-state index is 0.0921. The van der Waals surface area contributed by atoms with Crippen LogP contribution in [0, 0.1) is 0 Å². The van der Waals surface area contributed by atoms with Crippen LogP contribution in [0.25, 0.3) is 10.9 Å². The number of amides is 4. The Morgan fingerprint density at radius 3 is 2.41 bits per heavy atom. The first-order valence-electron chi connectivity index (χ1n) is 22.3. The van der Waals surface area contributed by atoms with E-state index in [-0.39, 0.29) is 73.3 Å². The summed E-state index contributed by atoms with van der Waals surface area (Å²) in [6.07, 6.45) is 6.33. The predicted octanol–water partition coefficient (Wildman–Crippen LogP) is 3.09. The number of pyridine rings is 2. The Hall–Kier alpha value is -6.38. The van der Waals surface area contributed by atoms with Crippen molar-refractivity contribution in [1.29, 1.82) is 0 Å². The number of hydrogen-bond donors (Lipinski definition) is 4. The lowest BCUT2D eigenvalue weighted by Crippen LogP contribution is -2.56. The molecule has 21 heteroatoms. The fraction of sp³-hybridized carbons (Fsp3) is 0.489. The van der Waals surface area contributed by atoms with Gasteiger partial charge in [0, 0.05) is 75.9 Å². The Labute approximate surface area is 385 Å². The molecule has 4 aliphatic heterocycles. The number of carboxylic acid groups (broad SMARTS) is 1. The molecule has 66 heavy (non-hydrogen) atoms. The van der Waals surface area contributed by atoms with Crippen molar-refractivity contribution in [3.05, 3.63) is 69.2 Å². The fourth-order valence-electron chi connectivity index (χ4n) is 9.29. The van der Waals surface area contributed by atoms with Gasteiger partial charge in [0.2, 0.25) is 17.8 Å². The molecule has 9 rings (SSSR count). The largest absolute Gasteiger partial charge is 0.483 e. The number of hydrogen-bond acceptors (Lipinski definition) is 15. The van der Waals surface area contributed by atoms with Gasteiger partial charge in [-0.3, -0.25) is 39.0 Å². The van der Waals surface area contributed by atoms with Gasteiger partial charge in [-0.1, -0.05) is 11.6 Å². The number of anilines is 4. The van der Waals surface area contributed by atoms with Crippen LogP contribution >= 0.6 is 11.6 Å². The molecule has 7 heterocycles. The van der Waals surface area contributed by atoms with Crippen molar-refractivity contribution in [3.8, 4) is 5.75 Å². The van der Waals surface area contributed by atoms with Gasteiger partial charge in [0.1, 0.15) is 16.9 Å². The fourth-order valence-corrected chi connectivity index (χ4v) is 9.43. The lowest BCUT2D eigenvalue weighted by atomic mass is 9.87. The number of piperazine rings is 1. The van der Waals surface area contributed by atoms with Crippen molar-refractivity contribution in [2.24, 2.45) is 0 Å². The van der Waals surface area contributed by atoms with Gasteiger partial charge in [0.05, 0.1) is 41.7 Å². The lowest BCUT2D eigenvalue weighted by Gasteiger charge is -2.47. The summed E-state index contributed by atoms with van der Waals surface area (Å²) in [6, 6.07) is 10.7. The van der Waals surface area contributed by atoms with Gasteiger partial charge in [-0.2, -0.15) is 4.98 Å². The molecule has 4 amide bonds. The Morgan fingerprint density at radius 1 is 0.970 bits per heavy atom. The highest BCUT2D eigenvalue weighted by atomic mass is 35.5. The molecule has 3 aromatic heterocycles. The zero-order valence-electron chi connectivity index (χ0n) is 37.1. The van der Waals surface area contributed by atoms with Gasteiger partial charge in [-0.25, -0.2) is 9.97 Å². The van der Waals surface area contributed by atoms with Crippen molar-refractivity contribution in [1.82, 2.24) is 40.0 Å². The van der Waals surface area contributed by atoms with Crippen LogP contribution in [0.1, 0.15) is 74.5 Å². The summed E-state index contributed by atoms with van der Waals surface area (Å²) in [4.78, 5) is 93.4. The van der Waals surface area contributed by atoms with Gasteiger partial charge < -0.3 is 44.5 Å². The minimum Gasteiger partial charge on any atom is -0.483 e. The Kier molecular flexibility index (Phi) is 14.0. The average Bonchev–Trinajstić information content (AvgIpc) is 3.62. The summed E-state index contributed by atoms with van der Waals surface area (Å²) in [5.74, 6) is 0.723. The molecular weight excluding hydrogens is 874 g/mol. The molecule has 4 aromatic rings. The van der Waals surface area contributed by atoms with Crippen LogP contribution in [0.3, 0.4) is 0 Å². The SMILES string of the molecule is CNC(=O)COc1cc2cc(Nc3nc(N4CCC(OC5CC(N6CCN(c7ccc8c(n7)CN([C@@H]7CCC(=O)NC7=O)C8=O)CC6)C5)CC4)ncc3Cl)ccc2n(C(C)C)c1=O.O=CO. The van der Waals surface area contributed by atoms with E-state index in [1.807, 2.05) is 44.2 Å². The van der Waals surface area contributed by atoms with Crippen molar-refractivity contribution in [3.63, 3.8) is 0 Å². The topological polar surface area (TPSA) is 234 Å². The number of carbonyl (C=O) groups is 5. The van der Waals surface area contributed by atoms with Crippen molar-refractivity contribution < 1.29 is 38.6 Å². The van der Waals surface area contributed by atoms with Crippen LogP contribution < -0.4 is 36.0 Å². The van der Waals surface area contributed by atoms with Gasteiger partial charge >= 0.3 is 0 Å². The number of rotatable bonds is 12. The second kappa shape index (κ2) is 20.0. The summed E-state index contributed by atoms with van der Waals surface area (Å²) < 4.78 is 13.9. The van der Waals surface area contributed by atoms with E-state index in [0.29, 0.717) is 46.2 Å². The molecule has 1 atom stereocenters.